The van der Waals surface area contributed by atoms with Crippen LogP contribution in [0.4, 0.5) is 0 Å². The van der Waals surface area contributed by atoms with Gasteiger partial charge in [-0.05, 0) is 43.0 Å². The number of rotatable bonds is 2. The Morgan fingerprint density at radius 2 is 1.94 bits per heavy atom. The van der Waals surface area contributed by atoms with Gasteiger partial charge in [-0.25, -0.2) is 0 Å². The van der Waals surface area contributed by atoms with E-state index in [1.54, 1.807) is 0 Å². The lowest BCUT2D eigenvalue weighted by Gasteiger charge is -2.13. The minimum absolute atomic E-state index is 0.0462. The van der Waals surface area contributed by atoms with Gasteiger partial charge in [0.25, 0.3) is 0 Å². The number of benzene rings is 1. The van der Waals surface area contributed by atoms with Gasteiger partial charge in [-0.15, -0.1) is 0 Å². The molecule has 0 aliphatic carbocycles. The molecule has 16 heavy (non-hydrogen) atoms. The second kappa shape index (κ2) is 4.30. The molecule has 3 unspecified atom stereocenters. The fourth-order valence-corrected chi connectivity index (χ4v) is 4.22. The largest absolute Gasteiger partial charge is 0.323 e. The molecule has 0 bridgehead atoms. The second-order valence-electron chi connectivity index (χ2n) is 4.62. The fourth-order valence-electron chi connectivity index (χ4n) is 2.31. The van der Waals surface area contributed by atoms with Crippen LogP contribution in [0.3, 0.4) is 0 Å². The SMILES string of the molecule is CCCC1C(N)c2cc(C)c(C)cc2S1=O. The lowest BCUT2D eigenvalue weighted by molar-refractivity contribution is 0.606. The predicted octanol–water partition coefficient (Wildman–Crippen LogP) is 2.59. The molecule has 3 atom stereocenters. The Labute approximate surface area is 99.7 Å². The minimum atomic E-state index is -0.909. The van der Waals surface area contributed by atoms with E-state index in [0.717, 1.165) is 23.3 Å². The van der Waals surface area contributed by atoms with Crippen LogP contribution in [0.5, 0.6) is 0 Å². The van der Waals surface area contributed by atoms with Crippen LogP contribution in [0.2, 0.25) is 0 Å². The standard InChI is InChI=1S/C13H19NOS/c1-4-5-11-13(14)10-6-8(2)9(3)7-12(10)16(11)15/h6-7,11,13H,4-5,14H2,1-3H3. The summed E-state index contributed by atoms with van der Waals surface area (Å²) in [5, 5.41) is 0.112. The molecule has 0 radical (unpaired) electrons. The van der Waals surface area contributed by atoms with Crippen molar-refractivity contribution in [3.63, 3.8) is 0 Å². The molecule has 0 fully saturated rings. The Balaban J connectivity index is 2.47. The van der Waals surface area contributed by atoms with Crippen LogP contribution in [0.1, 0.15) is 42.5 Å². The third-order valence-corrected chi connectivity index (χ3v) is 5.32. The van der Waals surface area contributed by atoms with E-state index in [1.807, 2.05) is 0 Å². The van der Waals surface area contributed by atoms with Gasteiger partial charge in [0, 0.05) is 10.9 Å². The molecule has 1 aromatic carbocycles. The second-order valence-corrected chi connectivity index (χ2v) is 6.26. The van der Waals surface area contributed by atoms with Crippen molar-refractivity contribution in [1.82, 2.24) is 0 Å². The molecule has 2 N–H and O–H groups in total. The maximum absolute atomic E-state index is 12.3. The molecule has 1 heterocycles. The average molecular weight is 237 g/mol. The molecule has 88 valence electrons. The van der Waals surface area contributed by atoms with Crippen LogP contribution in [0.25, 0.3) is 0 Å². The van der Waals surface area contributed by atoms with E-state index in [9.17, 15) is 4.21 Å². The first-order valence-corrected chi connectivity index (χ1v) is 7.04. The number of aryl methyl sites for hydroxylation is 2. The van der Waals surface area contributed by atoms with Gasteiger partial charge in [-0.3, -0.25) is 4.21 Å². The molecule has 0 amide bonds. The highest BCUT2D eigenvalue weighted by atomic mass is 32.2. The highest BCUT2D eigenvalue weighted by Crippen LogP contribution is 2.38. The van der Waals surface area contributed by atoms with Crippen LogP contribution in [-0.2, 0) is 10.8 Å². The van der Waals surface area contributed by atoms with E-state index in [2.05, 4.69) is 32.9 Å². The quantitative estimate of drug-likeness (QED) is 0.859. The zero-order valence-corrected chi connectivity index (χ0v) is 10.9. The lowest BCUT2D eigenvalue weighted by atomic mass is 9.98. The van der Waals surface area contributed by atoms with Crippen molar-refractivity contribution in [3.05, 3.63) is 28.8 Å². The number of hydrogen-bond donors (Lipinski definition) is 1. The monoisotopic (exact) mass is 237 g/mol. The molecule has 0 aromatic heterocycles. The summed E-state index contributed by atoms with van der Waals surface area (Å²) in [4.78, 5) is 0.967. The Morgan fingerprint density at radius 3 is 2.56 bits per heavy atom. The van der Waals surface area contributed by atoms with Crippen molar-refractivity contribution >= 4 is 10.8 Å². The van der Waals surface area contributed by atoms with Crippen molar-refractivity contribution in [2.75, 3.05) is 0 Å². The van der Waals surface area contributed by atoms with Gasteiger partial charge in [0.05, 0.1) is 16.0 Å². The number of nitrogens with two attached hydrogens (primary N) is 1. The van der Waals surface area contributed by atoms with E-state index >= 15 is 0 Å². The van der Waals surface area contributed by atoms with Crippen molar-refractivity contribution < 1.29 is 4.21 Å². The molecular formula is C13H19NOS. The normalized spacial score (nSPS) is 28.1. The zero-order chi connectivity index (χ0) is 11.9. The lowest BCUT2D eigenvalue weighted by Crippen LogP contribution is -2.23. The minimum Gasteiger partial charge on any atom is -0.323 e. The molecule has 0 saturated heterocycles. The van der Waals surface area contributed by atoms with Gasteiger partial charge in [0.1, 0.15) is 0 Å². The van der Waals surface area contributed by atoms with E-state index in [0.29, 0.717) is 0 Å². The molecular weight excluding hydrogens is 218 g/mol. The smallest absolute Gasteiger partial charge is 0.0587 e. The summed E-state index contributed by atoms with van der Waals surface area (Å²) in [5.74, 6) is 0. The summed E-state index contributed by atoms with van der Waals surface area (Å²) < 4.78 is 12.3. The Hall–Kier alpha value is -0.670. The van der Waals surface area contributed by atoms with Crippen LogP contribution < -0.4 is 5.73 Å². The number of hydrogen-bond acceptors (Lipinski definition) is 2. The van der Waals surface area contributed by atoms with Crippen molar-refractivity contribution in [1.29, 1.82) is 0 Å². The van der Waals surface area contributed by atoms with E-state index in [-0.39, 0.29) is 11.3 Å². The van der Waals surface area contributed by atoms with E-state index < -0.39 is 10.8 Å². The van der Waals surface area contributed by atoms with Crippen LogP contribution in [0.15, 0.2) is 17.0 Å². The first-order chi connectivity index (χ1) is 7.56. The zero-order valence-electron chi connectivity index (χ0n) is 10.1. The summed E-state index contributed by atoms with van der Waals surface area (Å²) in [6.45, 7) is 6.26. The Kier molecular flexibility index (Phi) is 3.17. The van der Waals surface area contributed by atoms with Crippen LogP contribution in [-0.4, -0.2) is 9.46 Å². The molecule has 1 aliphatic heterocycles. The molecule has 1 aromatic rings. The summed E-state index contributed by atoms with van der Waals surface area (Å²) in [6.07, 6.45) is 1.98. The molecule has 0 saturated carbocycles. The Bertz CT molecular complexity index is 442. The Morgan fingerprint density at radius 1 is 1.31 bits per heavy atom. The average Bonchev–Trinajstić information content (AvgIpc) is 2.46. The van der Waals surface area contributed by atoms with Gasteiger partial charge in [-0.2, -0.15) is 0 Å². The highest BCUT2D eigenvalue weighted by molar-refractivity contribution is 7.86. The maximum atomic E-state index is 12.3. The summed E-state index contributed by atoms with van der Waals surface area (Å²) in [7, 11) is -0.909. The first-order valence-electron chi connectivity index (χ1n) is 5.83. The van der Waals surface area contributed by atoms with E-state index in [4.69, 9.17) is 5.73 Å². The third kappa shape index (κ3) is 1.72. The molecule has 0 spiro atoms. The van der Waals surface area contributed by atoms with Crippen LogP contribution in [0, 0.1) is 13.8 Å². The molecule has 3 heteroatoms. The topological polar surface area (TPSA) is 43.1 Å². The summed E-state index contributed by atoms with van der Waals surface area (Å²) in [5.41, 5.74) is 9.73. The van der Waals surface area contributed by atoms with Crippen LogP contribution >= 0.6 is 0 Å². The van der Waals surface area contributed by atoms with E-state index in [1.165, 1.54) is 11.1 Å². The van der Waals surface area contributed by atoms with Gasteiger partial charge in [-0.1, -0.05) is 19.4 Å². The van der Waals surface area contributed by atoms with Crippen molar-refractivity contribution in [3.8, 4) is 0 Å². The third-order valence-electron chi connectivity index (χ3n) is 3.45. The maximum Gasteiger partial charge on any atom is 0.0587 e. The summed E-state index contributed by atoms with van der Waals surface area (Å²) >= 11 is 0. The first kappa shape index (κ1) is 11.8. The van der Waals surface area contributed by atoms with Gasteiger partial charge < -0.3 is 5.73 Å². The van der Waals surface area contributed by atoms with Gasteiger partial charge in [0.15, 0.2) is 0 Å². The van der Waals surface area contributed by atoms with Gasteiger partial charge >= 0.3 is 0 Å². The summed E-state index contributed by atoms with van der Waals surface area (Å²) in [6, 6.07) is 4.12. The van der Waals surface area contributed by atoms with Crippen molar-refractivity contribution in [2.45, 2.75) is 49.8 Å². The molecule has 2 nitrogen and oxygen atoms in total. The predicted molar refractivity (Wildman–Crippen MR) is 67.9 cm³/mol. The molecule has 2 rings (SSSR count). The van der Waals surface area contributed by atoms with Gasteiger partial charge in [0.2, 0.25) is 0 Å². The van der Waals surface area contributed by atoms with Crippen molar-refractivity contribution in [2.24, 2.45) is 5.73 Å². The highest BCUT2D eigenvalue weighted by Gasteiger charge is 2.35. The molecule has 1 aliphatic rings. The fraction of sp³-hybridized carbons (Fsp3) is 0.538. The number of fused-ring (bicyclic) bond motifs is 1.